The summed E-state index contributed by atoms with van der Waals surface area (Å²) in [4.78, 5) is 0. The average molecular weight is 228 g/mol. The van der Waals surface area contributed by atoms with Gasteiger partial charge in [0.25, 0.3) is 0 Å². The van der Waals surface area contributed by atoms with Crippen LogP contribution in [0.25, 0.3) is 0 Å². The molecule has 1 N–H and O–H groups in total. The third-order valence-corrected chi connectivity index (χ3v) is 3.31. The second-order valence-corrected chi connectivity index (χ2v) is 4.73. The van der Waals surface area contributed by atoms with Crippen LogP contribution in [0.15, 0.2) is 18.2 Å². The van der Waals surface area contributed by atoms with Gasteiger partial charge in [0, 0.05) is 11.8 Å². The Morgan fingerprint density at radius 1 is 1.31 bits per heavy atom. The van der Waals surface area contributed by atoms with Crippen molar-refractivity contribution in [3.8, 4) is 5.75 Å². The summed E-state index contributed by atoms with van der Waals surface area (Å²) in [6, 6.07) is 3.60. The standard InChI is InChI=1S/C12H14F2O2/c1-12(2)9(15)6-10(12)16-11-7(13)4-3-5-8(11)14/h3-5,9-10,15H,6H2,1-2H3. The van der Waals surface area contributed by atoms with Gasteiger partial charge < -0.3 is 9.84 Å². The van der Waals surface area contributed by atoms with Gasteiger partial charge in [0.2, 0.25) is 0 Å². The van der Waals surface area contributed by atoms with Crippen LogP contribution in [0, 0.1) is 17.0 Å². The number of hydrogen-bond acceptors (Lipinski definition) is 2. The summed E-state index contributed by atoms with van der Waals surface area (Å²) in [7, 11) is 0. The molecule has 1 aromatic rings. The van der Waals surface area contributed by atoms with Crippen LogP contribution in [0.1, 0.15) is 20.3 Å². The predicted octanol–water partition coefficient (Wildman–Crippen LogP) is 2.50. The summed E-state index contributed by atoms with van der Waals surface area (Å²) in [5.74, 6) is -1.78. The summed E-state index contributed by atoms with van der Waals surface area (Å²) in [6.45, 7) is 3.62. The first-order valence-electron chi connectivity index (χ1n) is 5.21. The zero-order valence-electron chi connectivity index (χ0n) is 9.21. The van der Waals surface area contributed by atoms with E-state index < -0.39 is 23.2 Å². The van der Waals surface area contributed by atoms with E-state index in [0.29, 0.717) is 6.42 Å². The molecule has 2 rings (SSSR count). The fourth-order valence-corrected chi connectivity index (χ4v) is 1.80. The lowest BCUT2D eigenvalue weighted by Gasteiger charge is -2.48. The van der Waals surface area contributed by atoms with Crippen molar-refractivity contribution in [3.05, 3.63) is 29.8 Å². The van der Waals surface area contributed by atoms with Crippen molar-refractivity contribution in [1.82, 2.24) is 0 Å². The molecule has 16 heavy (non-hydrogen) atoms. The molecule has 0 saturated heterocycles. The molecule has 1 aliphatic rings. The summed E-state index contributed by atoms with van der Waals surface area (Å²) in [6.07, 6.45) is -0.429. The van der Waals surface area contributed by atoms with Crippen molar-refractivity contribution in [2.24, 2.45) is 5.41 Å². The Balaban J connectivity index is 2.17. The summed E-state index contributed by atoms with van der Waals surface area (Å²) < 4.78 is 31.9. The van der Waals surface area contributed by atoms with Crippen LogP contribution in [-0.4, -0.2) is 17.3 Å². The number of para-hydroxylation sites is 1. The number of hydrogen-bond donors (Lipinski definition) is 1. The number of aliphatic hydroxyl groups is 1. The molecule has 0 aromatic heterocycles. The van der Waals surface area contributed by atoms with Gasteiger partial charge in [-0.05, 0) is 12.1 Å². The minimum Gasteiger partial charge on any atom is -0.484 e. The first-order valence-corrected chi connectivity index (χ1v) is 5.21. The first-order chi connectivity index (χ1) is 7.43. The highest BCUT2D eigenvalue weighted by Gasteiger charge is 2.49. The Morgan fingerprint density at radius 2 is 1.88 bits per heavy atom. The van der Waals surface area contributed by atoms with Gasteiger partial charge in [-0.1, -0.05) is 19.9 Å². The molecule has 0 amide bonds. The van der Waals surface area contributed by atoms with Crippen molar-refractivity contribution >= 4 is 0 Å². The summed E-state index contributed by atoms with van der Waals surface area (Å²) >= 11 is 0. The van der Waals surface area contributed by atoms with Gasteiger partial charge >= 0.3 is 0 Å². The molecule has 0 heterocycles. The SMILES string of the molecule is CC1(C)C(O)CC1Oc1c(F)cccc1F. The molecule has 2 nitrogen and oxygen atoms in total. The monoisotopic (exact) mass is 228 g/mol. The summed E-state index contributed by atoms with van der Waals surface area (Å²) in [5.41, 5.74) is -0.464. The molecule has 0 bridgehead atoms. The molecule has 0 spiro atoms. The topological polar surface area (TPSA) is 29.5 Å². The maximum absolute atomic E-state index is 13.3. The zero-order valence-corrected chi connectivity index (χ0v) is 9.21. The Kier molecular flexibility index (Phi) is 2.62. The smallest absolute Gasteiger partial charge is 0.191 e. The molecule has 0 aliphatic heterocycles. The van der Waals surface area contributed by atoms with Crippen molar-refractivity contribution < 1.29 is 18.6 Å². The van der Waals surface area contributed by atoms with Gasteiger partial charge in [-0.2, -0.15) is 0 Å². The first kappa shape index (κ1) is 11.3. The van der Waals surface area contributed by atoms with Crippen LogP contribution in [0.4, 0.5) is 8.78 Å². The lowest BCUT2D eigenvalue weighted by atomic mass is 9.66. The van der Waals surface area contributed by atoms with E-state index in [0.717, 1.165) is 12.1 Å². The predicted molar refractivity (Wildman–Crippen MR) is 55.2 cm³/mol. The number of aliphatic hydroxyl groups excluding tert-OH is 1. The van der Waals surface area contributed by atoms with Crippen molar-refractivity contribution in [1.29, 1.82) is 0 Å². The van der Waals surface area contributed by atoms with E-state index in [1.54, 1.807) is 0 Å². The van der Waals surface area contributed by atoms with Gasteiger partial charge in [0.15, 0.2) is 17.4 Å². The van der Waals surface area contributed by atoms with Crippen LogP contribution < -0.4 is 4.74 Å². The van der Waals surface area contributed by atoms with E-state index in [4.69, 9.17) is 4.74 Å². The molecule has 1 fully saturated rings. The van der Waals surface area contributed by atoms with Gasteiger partial charge in [-0.3, -0.25) is 0 Å². The van der Waals surface area contributed by atoms with E-state index in [9.17, 15) is 13.9 Å². The molecule has 88 valence electrons. The normalized spacial score (nSPS) is 27.3. The molecule has 4 heteroatoms. The Hall–Kier alpha value is -1.16. The number of ether oxygens (including phenoxy) is 1. The Morgan fingerprint density at radius 3 is 2.31 bits per heavy atom. The molecular weight excluding hydrogens is 214 g/mol. The minimum absolute atomic E-state index is 0.353. The van der Waals surface area contributed by atoms with E-state index in [-0.39, 0.29) is 11.9 Å². The third kappa shape index (κ3) is 1.67. The van der Waals surface area contributed by atoms with Crippen molar-refractivity contribution in [2.75, 3.05) is 0 Å². The average Bonchev–Trinajstić information content (AvgIpc) is 2.22. The van der Waals surface area contributed by atoms with E-state index in [1.165, 1.54) is 6.07 Å². The van der Waals surface area contributed by atoms with E-state index >= 15 is 0 Å². The zero-order chi connectivity index (χ0) is 11.9. The lowest BCUT2D eigenvalue weighted by Crippen LogP contribution is -2.56. The van der Waals surface area contributed by atoms with Crippen LogP contribution >= 0.6 is 0 Å². The van der Waals surface area contributed by atoms with Crippen molar-refractivity contribution in [3.63, 3.8) is 0 Å². The number of benzene rings is 1. The fourth-order valence-electron chi connectivity index (χ4n) is 1.80. The molecule has 2 unspecified atom stereocenters. The molecule has 0 radical (unpaired) electrons. The second kappa shape index (κ2) is 3.70. The third-order valence-electron chi connectivity index (χ3n) is 3.31. The van der Waals surface area contributed by atoms with Crippen LogP contribution in [0.5, 0.6) is 5.75 Å². The largest absolute Gasteiger partial charge is 0.484 e. The molecule has 1 aliphatic carbocycles. The van der Waals surface area contributed by atoms with E-state index in [2.05, 4.69) is 0 Å². The quantitative estimate of drug-likeness (QED) is 0.842. The highest BCUT2D eigenvalue weighted by Crippen LogP contribution is 2.43. The van der Waals surface area contributed by atoms with Crippen molar-refractivity contribution in [2.45, 2.75) is 32.5 Å². The highest BCUT2D eigenvalue weighted by atomic mass is 19.1. The fraction of sp³-hybridized carbons (Fsp3) is 0.500. The second-order valence-electron chi connectivity index (χ2n) is 4.73. The molecular formula is C12H14F2O2. The van der Waals surface area contributed by atoms with Gasteiger partial charge in [-0.15, -0.1) is 0 Å². The molecule has 1 aromatic carbocycles. The summed E-state index contributed by atoms with van der Waals surface area (Å²) in [5, 5.41) is 9.50. The van der Waals surface area contributed by atoms with Crippen LogP contribution in [0.3, 0.4) is 0 Å². The molecule has 2 atom stereocenters. The lowest BCUT2D eigenvalue weighted by molar-refractivity contribution is -0.136. The maximum atomic E-state index is 13.3. The Bertz CT molecular complexity index is 384. The van der Waals surface area contributed by atoms with E-state index in [1.807, 2.05) is 13.8 Å². The van der Waals surface area contributed by atoms with Gasteiger partial charge in [-0.25, -0.2) is 8.78 Å². The number of rotatable bonds is 2. The number of halogens is 2. The van der Waals surface area contributed by atoms with Gasteiger partial charge in [0.1, 0.15) is 6.10 Å². The van der Waals surface area contributed by atoms with Crippen LogP contribution in [-0.2, 0) is 0 Å². The molecule has 1 saturated carbocycles. The highest BCUT2D eigenvalue weighted by molar-refractivity contribution is 5.27. The van der Waals surface area contributed by atoms with Crippen LogP contribution in [0.2, 0.25) is 0 Å². The maximum Gasteiger partial charge on any atom is 0.191 e. The van der Waals surface area contributed by atoms with Gasteiger partial charge in [0.05, 0.1) is 6.10 Å². The Labute approximate surface area is 92.9 Å². The minimum atomic E-state index is -0.711.